The quantitative estimate of drug-likeness (QED) is 0.177. The summed E-state index contributed by atoms with van der Waals surface area (Å²) in [7, 11) is 1.56. The molecule has 1 aliphatic heterocycles. The number of fused-ring (bicyclic) bond motifs is 1. The largest absolute Gasteiger partial charge is 0.497 e. The van der Waals surface area contributed by atoms with Crippen LogP contribution in [0.15, 0.2) is 80.1 Å². The first-order valence-electron chi connectivity index (χ1n) is 12.1. The minimum Gasteiger partial charge on any atom is -0.497 e. The van der Waals surface area contributed by atoms with Gasteiger partial charge in [0.05, 0.1) is 45.5 Å². The van der Waals surface area contributed by atoms with Gasteiger partial charge in [0.1, 0.15) is 17.3 Å². The lowest BCUT2D eigenvalue weighted by Crippen LogP contribution is -2.39. The molecule has 1 unspecified atom stereocenters. The van der Waals surface area contributed by atoms with Crippen molar-refractivity contribution in [3.05, 3.63) is 112 Å². The highest BCUT2D eigenvalue weighted by atomic mass is 35.5. The average Bonchev–Trinajstić information content (AvgIpc) is 3.52. The van der Waals surface area contributed by atoms with Crippen molar-refractivity contribution in [2.45, 2.75) is 19.9 Å². The third-order valence-corrected chi connectivity index (χ3v) is 7.57. The number of halogens is 1. The van der Waals surface area contributed by atoms with Crippen LogP contribution >= 0.6 is 22.9 Å². The van der Waals surface area contributed by atoms with Crippen molar-refractivity contribution in [3.8, 4) is 17.1 Å². The maximum Gasteiger partial charge on any atom is 0.338 e. The Kier molecular flexibility index (Phi) is 7.42. The van der Waals surface area contributed by atoms with Gasteiger partial charge in [0.25, 0.3) is 11.2 Å². The van der Waals surface area contributed by atoms with Crippen molar-refractivity contribution in [2.75, 3.05) is 13.7 Å². The number of ether oxygens (including phenoxy) is 2. The van der Waals surface area contributed by atoms with Gasteiger partial charge in [0.15, 0.2) is 4.80 Å². The fourth-order valence-electron chi connectivity index (χ4n) is 4.41. The molecule has 0 radical (unpaired) electrons. The van der Waals surface area contributed by atoms with E-state index >= 15 is 0 Å². The molecule has 40 heavy (non-hydrogen) atoms. The second-order valence-corrected chi connectivity index (χ2v) is 10.1. The summed E-state index contributed by atoms with van der Waals surface area (Å²) in [6.45, 7) is 3.61. The number of methoxy groups -OCH3 is 1. The molecule has 204 valence electrons. The lowest BCUT2D eigenvalue weighted by molar-refractivity contribution is -0.384. The Hall–Kier alpha value is -4.48. The van der Waals surface area contributed by atoms with E-state index in [1.807, 2.05) is 0 Å². The Morgan fingerprint density at radius 3 is 2.62 bits per heavy atom. The molecule has 0 fully saturated rings. The summed E-state index contributed by atoms with van der Waals surface area (Å²) >= 11 is 7.41. The molecule has 4 aromatic rings. The van der Waals surface area contributed by atoms with Gasteiger partial charge in [-0.2, -0.15) is 0 Å². The molecular formula is C28H22ClN3O7S. The standard InChI is InChI=1S/C28H22ClN3O7S/c1-4-38-27(34)24-15(2)30-28-31(25(24)16-5-8-18(37-3)9-6-16)26(33)23(40-28)14-19-10-12-22(39-19)20-11-7-17(32(35)36)13-21(20)29/h5-14,25H,4H2,1-3H3/b23-14+. The van der Waals surface area contributed by atoms with Crippen LogP contribution in [0.2, 0.25) is 5.02 Å². The van der Waals surface area contributed by atoms with Crippen LogP contribution in [-0.4, -0.2) is 29.2 Å². The monoisotopic (exact) mass is 579 g/mol. The number of carbonyl (C=O) groups is 1. The number of carbonyl (C=O) groups excluding carboxylic acids is 1. The molecule has 0 aliphatic carbocycles. The van der Waals surface area contributed by atoms with Crippen LogP contribution in [0.3, 0.4) is 0 Å². The molecule has 10 nitrogen and oxygen atoms in total. The predicted octanol–water partition coefficient (Wildman–Crippen LogP) is 4.63. The molecule has 5 rings (SSSR count). The number of hydrogen-bond acceptors (Lipinski definition) is 9. The highest BCUT2D eigenvalue weighted by Gasteiger charge is 2.33. The van der Waals surface area contributed by atoms with E-state index in [0.717, 1.165) is 11.3 Å². The second-order valence-electron chi connectivity index (χ2n) is 8.70. The third kappa shape index (κ3) is 4.96. The fourth-order valence-corrected chi connectivity index (χ4v) is 5.71. The van der Waals surface area contributed by atoms with Gasteiger partial charge in [-0.25, -0.2) is 9.79 Å². The maximum atomic E-state index is 13.7. The summed E-state index contributed by atoms with van der Waals surface area (Å²) in [4.78, 5) is 42.2. The summed E-state index contributed by atoms with van der Waals surface area (Å²) in [6, 6.07) is 13.8. The lowest BCUT2D eigenvalue weighted by Gasteiger charge is -2.24. The molecule has 0 N–H and O–H groups in total. The van der Waals surface area contributed by atoms with Crippen LogP contribution in [0.5, 0.6) is 5.75 Å². The van der Waals surface area contributed by atoms with E-state index in [9.17, 15) is 19.7 Å². The number of rotatable bonds is 7. The SMILES string of the molecule is CCOC(=O)C1=C(C)N=c2s/c(=C/c3ccc(-c4ccc([N+](=O)[O-])cc4Cl)o3)c(=O)n2C1c1ccc(OC)cc1. The van der Waals surface area contributed by atoms with Gasteiger partial charge in [-0.15, -0.1) is 0 Å². The molecular weight excluding hydrogens is 558 g/mol. The lowest BCUT2D eigenvalue weighted by atomic mass is 9.96. The van der Waals surface area contributed by atoms with E-state index in [4.69, 9.17) is 25.5 Å². The number of nitro groups is 1. The van der Waals surface area contributed by atoms with E-state index in [1.165, 1.54) is 22.8 Å². The molecule has 0 amide bonds. The van der Waals surface area contributed by atoms with E-state index in [-0.39, 0.29) is 28.4 Å². The van der Waals surface area contributed by atoms with Gasteiger partial charge in [-0.05, 0) is 49.7 Å². The Bertz CT molecular complexity index is 1850. The third-order valence-electron chi connectivity index (χ3n) is 6.28. The Labute approximate surface area is 236 Å². The van der Waals surface area contributed by atoms with Gasteiger partial charge in [0, 0.05) is 23.8 Å². The second kappa shape index (κ2) is 10.9. The summed E-state index contributed by atoms with van der Waals surface area (Å²) in [5.74, 6) is 0.846. The van der Waals surface area contributed by atoms with Crippen molar-refractivity contribution >= 4 is 40.7 Å². The summed E-state index contributed by atoms with van der Waals surface area (Å²) in [5.41, 5.74) is 1.41. The number of benzene rings is 2. The van der Waals surface area contributed by atoms with Gasteiger partial charge >= 0.3 is 5.97 Å². The van der Waals surface area contributed by atoms with Crippen LogP contribution in [0.25, 0.3) is 17.4 Å². The number of esters is 1. The topological polar surface area (TPSA) is 126 Å². The zero-order valence-corrected chi connectivity index (χ0v) is 23.1. The van der Waals surface area contributed by atoms with E-state index in [2.05, 4.69) is 4.99 Å². The first kappa shape index (κ1) is 27.1. The molecule has 3 heterocycles. The van der Waals surface area contributed by atoms with Gasteiger partial charge in [0.2, 0.25) is 0 Å². The zero-order valence-electron chi connectivity index (χ0n) is 21.5. The molecule has 0 bridgehead atoms. The van der Waals surface area contributed by atoms with Crippen LogP contribution in [-0.2, 0) is 9.53 Å². The number of thiazole rings is 1. The van der Waals surface area contributed by atoms with Crippen molar-refractivity contribution in [1.82, 2.24) is 4.57 Å². The van der Waals surface area contributed by atoms with Crippen molar-refractivity contribution < 1.29 is 23.6 Å². The van der Waals surface area contributed by atoms with E-state index < -0.39 is 16.9 Å². The number of allylic oxidation sites excluding steroid dienone is 1. The van der Waals surface area contributed by atoms with E-state index in [0.29, 0.717) is 43.4 Å². The highest BCUT2D eigenvalue weighted by Crippen LogP contribution is 2.33. The normalized spacial score (nSPS) is 15.0. The molecule has 12 heteroatoms. The summed E-state index contributed by atoms with van der Waals surface area (Å²) in [5, 5.41) is 11.2. The van der Waals surface area contributed by atoms with Crippen molar-refractivity contribution in [1.29, 1.82) is 0 Å². The molecule has 0 saturated carbocycles. The Morgan fingerprint density at radius 2 is 1.98 bits per heavy atom. The molecule has 2 aromatic carbocycles. The summed E-state index contributed by atoms with van der Waals surface area (Å²) in [6.07, 6.45) is 1.58. The van der Waals surface area contributed by atoms with Gasteiger partial charge in [-0.3, -0.25) is 19.5 Å². The zero-order chi connectivity index (χ0) is 28.6. The van der Waals surface area contributed by atoms with Crippen LogP contribution in [0.4, 0.5) is 5.69 Å². The maximum absolute atomic E-state index is 13.7. The summed E-state index contributed by atoms with van der Waals surface area (Å²) < 4.78 is 18.3. The molecule has 2 aromatic heterocycles. The van der Waals surface area contributed by atoms with Crippen molar-refractivity contribution in [3.63, 3.8) is 0 Å². The van der Waals surface area contributed by atoms with Crippen LogP contribution in [0, 0.1) is 10.1 Å². The average molecular weight is 580 g/mol. The predicted molar refractivity (Wildman–Crippen MR) is 149 cm³/mol. The number of nitrogens with zero attached hydrogens (tertiary/aromatic N) is 3. The fraction of sp³-hybridized carbons (Fsp3) is 0.179. The van der Waals surface area contributed by atoms with Crippen LogP contribution < -0.4 is 19.6 Å². The van der Waals surface area contributed by atoms with Crippen molar-refractivity contribution in [2.24, 2.45) is 4.99 Å². The number of non-ortho nitro benzene ring substituents is 1. The van der Waals surface area contributed by atoms with Gasteiger partial charge in [-0.1, -0.05) is 35.1 Å². The number of aromatic nitrogens is 1. The highest BCUT2D eigenvalue weighted by molar-refractivity contribution is 7.07. The molecule has 1 atom stereocenters. The minimum atomic E-state index is -0.755. The Balaban J connectivity index is 1.60. The van der Waals surface area contributed by atoms with Crippen LogP contribution in [0.1, 0.15) is 31.2 Å². The van der Waals surface area contributed by atoms with Gasteiger partial charge < -0.3 is 13.9 Å². The van der Waals surface area contributed by atoms with E-state index in [1.54, 1.807) is 63.4 Å². The molecule has 0 saturated heterocycles. The first-order valence-corrected chi connectivity index (χ1v) is 13.3. The number of furan rings is 1. The number of hydrogen-bond donors (Lipinski definition) is 0. The smallest absolute Gasteiger partial charge is 0.338 e. The minimum absolute atomic E-state index is 0.134. The molecule has 0 spiro atoms. The first-order chi connectivity index (χ1) is 19.2. The number of nitro benzene ring substituents is 1. The Morgan fingerprint density at radius 1 is 1.23 bits per heavy atom. The molecule has 1 aliphatic rings.